The smallest absolute Gasteiger partial charge is 0.652 e. The van der Waals surface area contributed by atoms with Gasteiger partial charge in [0.05, 0.1) is 24.1 Å². The van der Waals surface area contributed by atoms with Gasteiger partial charge in [0.25, 0.3) is 11.8 Å². The number of rotatable bonds is 6. The third-order valence-corrected chi connectivity index (χ3v) is 7.40. The second-order valence-corrected chi connectivity index (χ2v) is 11.8. The standard InChI is InChI=1S/C30H38N6O3.CH2O3.2K/c1-30(2,3)13-14-34-15-17-35(18-16-34)27(37)21-39-24-11-9-22(10-12-24)29(38)36-20-23-19-31-33(4)28(23)32-25-7-5-6-8-26(25)36;2-1(3)4;;/h5-12,19,32H,13-18,20-21H2,1-4H3;(H2,2,3,4);;/q;;2*+1/p-2. The van der Waals surface area contributed by atoms with E-state index in [-0.39, 0.29) is 121 Å². The van der Waals surface area contributed by atoms with Gasteiger partial charge in [-0.05, 0) is 60.9 Å². The molecule has 5 rings (SSSR count). The summed E-state index contributed by atoms with van der Waals surface area (Å²) in [6.45, 7) is 11.5. The largest absolute Gasteiger partial charge is 1.00 e. The molecule has 2 aromatic carbocycles. The number of piperazine rings is 1. The molecular formula is C31H38K2N6O6. The van der Waals surface area contributed by atoms with E-state index in [9.17, 15) is 9.59 Å². The van der Waals surface area contributed by atoms with Crippen molar-refractivity contribution < 1.29 is 132 Å². The number of fused-ring (bicyclic) bond motifs is 2. The molecule has 1 saturated heterocycles. The van der Waals surface area contributed by atoms with Crippen LogP contribution in [0.1, 0.15) is 43.1 Å². The fraction of sp³-hybridized carbons (Fsp3) is 0.419. The van der Waals surface area contributed by atoms with Gasteiger partial charge in [0.1, 0.15) is 11.6 Å². The van der Waals surface area contributed by atoms with Gasteiger partial charge in [0.2, 0.25) is 0 Å². The summed E-state index contributed by atoms with van der Waals surface area (Å²) in [5.74, 6) is 1.31. The molecule has 0 bridgehead atoms. The number of ether oxygens (including phenoxy) is 1. The van der Waals surface area contributed by atoms with E-state index in [1.807, 2.05) is 36.2 Å². The first-order valence-electron chi connectivity index (χ1n) is 14.2. The van der Waals surface area contributed by atoms with Crippen molar-refractivity contribution in [3.8, 4) is 5.75 Å². The number of nitrogens with one attached hydrogen (secondary N) is 1. The van der Waals surface area contributed by atoms with E-state index in [4.69, 9.17) is 19.7 Å². The topological polar surface area (TPSA) is 146 Å². The van der Waals surface area contributed by atoms with Crippen LogP contribution in [-0.2, 0) is 18.4 Å². The van der Waals surface area contributed by atoms with E-state index in [1.165, 1.54) is 0 Å². The van der Waals surface area contributed by atoms with Crippen LogP contribution in [0.3, 0.4) is 0 Å². The van der Waals surface area contributed by atoms with Crippen molar-refractivity contribution >= 4 is 35.2 Å². The summed E-state index contributed by atoms with van der Waals surface area (Å²) in [5.41, 5.74) is 3.46. The number of amides is 2. The summed E-state index contributed by atoms with van der Waals surface area (Å²) in [6.07, 6.45) is 0.600. The summed E-state index contributed by atoms with van der Waals surface area (Å²) in [5, 5.41) is 24.4. The van der Waals surface area contributed by atoms with Crippen molar-refractivity contribution in [2.75, 3.05) is 49.5 Å². The number of aryl methyl sites for hydroxylation is 1. The molecule has 12 nitrogen and oxygen atoms in total. The molecule has 0 spiro atoms. The van der Waals surface area contributed by atoms with E-state index >= 15 is 0 Å². The molecule has 0 atom stereocenters. The third kappa shape index (κ3) is 11.7. The van der Waals surface area contributed by atoms with Crippen molar-refractivity contribution in [3.05, 3.63) is 65.9 Å². The molecule has 230 valence electrons. The summed E-state index contributed by atoms with van der Waals surface area (Å²) >= 11 is 0. The SMILES string of the molecule is Cn1ncc2c1Nc1ccccc1N(C(=O)c1ccc(OCC(=O)N3CCN(CCC(C)(C)C)CC3)cc1)C2.O=C([O-])[O-].[K+].[K+]. The van der Waals surface area contributed by atoms with Gasteiger partial charge in [0.15, 0.2) is 6.61 Å². The molecule has 0 unspecified atom stereocenters. The van der Waals surface area contributed by atoms with Gasteiger partial charge < -0.3 is 34.9 Å². The number of carboxylic acid groups (broad SMARTS) is 2. The predicted molar refractivity (Wildman–Crippen MR) is 158 cm³/mol. The van der Waals surface area contributed by atoms with Crippen LogP contribution in [0.15, 0.2) is 54.7 Å². The van der Waals surface area contributed by atoms with E-state index in [1.54, 1.807) is 40.0 Å². The Hall–Kier alpha value is -1.31. The normalized spacial score (nSPS) is 14.1. The molecule has 14 heteroatoms. The molecule has 0 saturated carbocycles. The van der Waals surface area contributed by atoms with Crippen molar-refractivity contribution in [2.45, 2.75) is 33.7 Å². The molecule has 2 aliphatic heterocycles. The molecule has 1 aromatic heterocycles. The minimum absolute atomic E-state index is 0. The molecule has 0 radical (unpaired) electrons. The maximum absolute atomic E-state index is 13.6. The number of aromatic nitrogens is 2. The summed E-state index contributed by atoms with van der Waals surface area (Å²) in [6, 6.07) is 14.8. The molecule has 3 aromatic rings. The minimum atomic E-state index is -2.33. The van der Waals surface area contributed by atoms with E-state index in [0.29, 0.717) is 23.3 Å². The number of para-hydroxylation sites is 2. The molecule has 2 aliphatic rings. The summed E-state index contributed by atoms with van der Waals surface area (Å²) in [4.78, 5) is 40.7. The number of hydrogen-bond acceptors (Lipinski definition) is 9. The van der Waals surface area contributed by atoms with E-state index in [2.05, 4.69) is 36.1 Å². The summed E-state index contributed by atoms with van der Waals surface area (Å²) < 4.78 is 7.57. The van der Waals surface area contributed by atoms with E-state index < -0.39 is 6.16 Å². The Morgan fingerprint density at radius 1 is 0.956 bits per heavy atom. The van der Waals surface area contributed by atoms with Gasteiger partial charge in [0, 0.05) is 44.4 Å². The number of carbonyl (C=O) groups excluding carboxylic acids is 3. The van der Waals surface area contributed by atoms with Gasteiger partial charge >= 0.3 is 103 Å². The van der Waals surface area contributed by atoms with Crippen molar-refractivity contribution in [3.63, 3.8) is 0 Å². The predicted octanol–water partition coefficient (Wildman–Crippen LogP) is -4.16. The first-order valence-corrected chi connectivity index (χ1v) is 14.2. The first kappa shape index (κ1) is 39.9. The van der Waals surface area contributed by atoms with Gasteiger partial charge in [-0.15, -0.1) is 0 Å². The van der Waals surface area contributed by atoms with Gasteiger partial charge in [-0.25, -0.2) is 0 Å². The zero-order valence-electron chi connectivity index (χ0n) is 27.0. The van der Waals surface area contributed by atoms with Crippen LogP contribution in [0.5, 0.6) is 5.75 Å². The zero-order chi connectivity index (χ0) is 31.1. The Bertz CT molecular complexity index is 1430. The quantitative estimate of drug-likeness (QED) is 0.259. The molecular weight excluding hydrogens is 631 g/mol. The molecule has 1 fully saturated rings. The third-order valence-electron chi connectivity index (χ3n) is 7.40. The number of nitrogens with zero attached hydrogens (tertiary/aromatic N) is 5. The van der Waals surface area contributed by atoms with Crippen LogP contribution < -0.4 is 128 Å². The van der Waals surface area contributed by atoms with Crippen molar-refractivity contribution in [1.29, 1.82) is 0 Å². The Morgan fingerprint density at radius 2 is 1.58 bits per heavy atom. The second kappa shape index (κ2) is 18.3. The Kier molecular flexibility index (Phi) is 16.2. The van der Waals surface area contributed by atoms with Gasteiger partial charge in [-0.2, -0.15) is 5.10 Å². The van der Waals surface area contributed by atoms with Crippen LogP contribution in [-0.4, -0.2) is 76.9 Å². The Labute approximate surface area is 349 Å². The maximum Gasteiger partial charge on any atom is 1.00 e. The average Bonchev–Trinajstić information content (AvgIpc) is 3.22. The second-order valence-electron chi connectivity index (χ2n) is 11.8. The minimum Gasteiger partial charge on any atom is -0.652 e. The molecule has 1 N–H and O–H groups in total. The summed E-state index contributed by atoms with van der Waals surface area (Å²) in [7, 11) is 1.88. The fourth-order valence-corrected chi connectivity index (χ4v) is 4.94. The first-order chi connectivity index (χ1) is 20.4. The molecule has 0 aliphatic carbocycles. The van der Waals surface area contributed by atoms with Crippen molar-refractivity contribution in [1.82, 2.24) is 19.6 Å². The molecule has 3 heterocycles. The van der Waals surface area contributed by atoms with Crippen LogP contribution in [0.4, 0.5) is 22.0 Å². The number of hydrogen-bond donors (Lipinski definition) is 1. The van der Waals surface area contributed by atoms with Crippen LogP contribution in [0.2, 0.25) is 0 Å². The Balaban J connectivity index is 0.00000111. The monoisotopic (exact) mass is 668 g/mol. The molecule has 45 heavy (non-hydrogen) atoms. The number of anilines is 3. The average molecular weight is 669 g/mol. The number of carbonyl (C=O) groups is 3. The van der Waals surface area contributed by atoms with Crippen LogP contribution in [0.25, 0.3) is 0 Å². The van der Waals surface area contributed by atoms with Gasteiger partial charge in [-0.3, -0.25) is 19.2 Å². The fourth-order valence-electron chi connectivity index (χ4n) is 4.94. The zero-order valence-corrected chi connectivity index (χ0v) is 33.3. The van der Waals surface area contributed by atoms with Crippen LogP contribution >= 0.6 is 0 Å². The number of benzene rings is 2. The van der Waals surface area contributed by atoms with Gasteiger partial charge in [-0.1, -0.05) is 32.9 Å². The Morgan fingerprint density at radius 3 is 2.20 bits per heavy atom. The van der Waals surface area contributed by atoms with Crippen molar-refractivity contribution in [2.24, 2.45) is 12.5 Å². The van der Waals surface area contributed by atoms with E-state index in [0.717, 1.165) is 61.9 Å². The maximum atomic E-state index is 13.6. The molecule has 2 amide bonds. The van der Waals surface area contributed by atoms with Crippen LogP contribution in [0, 0.1) is 5.41 Å².